The molecular weight excluding hydrogens is 576 g/mol. The average Bonchev–Trinajstić information content (AvgIpc) is 3.03. The van der Waals surface area contributed by atoms with Gasteiger partial charge in [0.15, 0.2) is 12.6 Å². The van der Waals surface area contributed by atoms with E-state index in [1.54, 1.807) is 0 Å². The lowest BCUT2D eigenvalue weighted by molar-refractivity contribution is -0.173. The van der Waals surface area contributed by atoms with Gasteiger partial charge in [-0.25, -0.2) is 0 Å². The molecule has 4 saturated carbocycles. The maximum Gasteiger partial charge on any atom is 0.155 e. The molecule has 4 aliphatic carbocycles. The molecule has 0 heterocycles. The molecule has 0 bridgehead atoms. The number of rotatable bonds is 17. The Bertz CT molecular complexity index is 746. The van der Waals surface area contributed by atoms with E-state index in [-0.39, 0.29) is 24.8 Å². The Balaban J connectivity index is 0.968. The molecule has 46 heavy (non-hydrogen) atoms. The SMILES string of the molecule is CC(OCCCCCCOC(C)OC1CCC(C(C)(C)C2CCC(O)CC2)CC1)OC1CCC(C(C)(C)C2CCC(O)CC2)CC1. The smallest absolute Gasteiger partial charge is 0.155 e. The van der Waals surface area contributed by atoms with Crippen LogP contribution in [0.2, 0.25) is 0 Å². The minimum absolute atomic E-state index is 0.0661. The second-order valence-corrected chi connectivity index (χ2v) is 17.2. The molecule has 4 rings (SSSR count). The molecule has 6 nitrogen and oxygen atoms in total. The molecule has 0 aromatic carbocycles. The zero-order valence-electron chi connectivity index (χ0n) is 30.9. The Kier molecular flexibility index (Phi) is 15.6. The second kappa shape index (κ2) is 18.7. The average molecular weight is 651 g/mol. The first-order chi connectivity index (χ1) is 21.9. The highest BCUT2D eigenvalue weighted by Gasteiger charge is 2.42. The number of hydrogen-bond donors (Lipinski definition) is 2. The summed E-state index contributed by atoms with van der Waals surface area (Å²) in [6, 6.07) is 0. The molecule has 0 radical (unpaired) electrons. The molecule has 270 valence electrons. The van der Waals surface area contributed by atoms with Crippen molar-refractivity contribution in [2.75, 3.05) is 13.2 Å². The molecule has 2 atom stereocenters. The lowest BCUT2D eigenvalue weighted by Gasteiger charge is -2.46. The quantitative estimate of drug-likeness (QED) is 0.121. The predicted octanol–water partition coefficient (Wildman–Crippen LogP) is 9.58. The zero-order valence-corrected chi connectivity index (χ0v) is 30.9. The lowest BCUT2D eigenvalue weighted by Crippen LogP contribution is -2.39. The van der Waals surface area contributed by atoms with Gasteiger partial charge in [-0.05, 0) is 164 Å². The molecule has 2 N–H and O–H groups in total. The minimum atomic E-state index is -0.127. The van der Waals surface area contributed by atoms with Crippen LogP contribution < -0.4 is 0 Å². The summed E-state index contributed by atoms with van der Waals surface area (Å²) in [6.45, 7) is 15.6. The van der Waals surface area contributed by atoms with Crippen molar-refractivity contribution in [3.8, 4) is 0 Å². The summed E-state index contributed by atoms with van der Waals surface area (Å²) >= 11 is 0. The highest BCUT2D eigenvalue weighted by atomic mass is 16.7. The van der Waals surface area contributed by atoms with E-state index in [1.165, 1.54) is 51.4 Å². The van der Waals surface area contributed by atoms with Gasteiger partial charge in [0.2, 0.25) is 0 Å². The molecule has 2 unspecified atom stereocenters. The molecule has 0 amide bonds. The van der Waals surface area contributed by atoms with E-state index >= 15 is 0 Å². The number of ether oxygens (including phenoxy) is 4. The fourth-order valence-corrected chi connectivity index (χ4v) is 9.87. The fourth-order valence-electron chi connectivity index (χ4n) is 9.87. The van der Waals surface area contributed by atoms with E-state index in [1.807, 2.05) is 0 Å². The van der Waals surface area contributed by atoms with Crippen molar-refractivity contribution in [2.24, 2.45) is 34.5 Å². The van der Waals surface area contributed by atoms with E-state index in [9.17, 15) is 10.2 Å². The minimum Gasteiger partial charge on any atom is -0.393 e. The summed E-state index contributed by atoms with van der Waals surface area (Å²) in [5, 5.41) is 19.8. The van der Waals surface area contributed by atoms with Gasteiger partial charge in [0.25, 0.3) is 0 Å². The van der Waals surface area contributed by atoms with E-state index in [2.05, 4.69) is 41.5 Å². The van der Waals surface area contributed by atoms with E-state index in [0.717, 1.165) is 114 Å². The molecule has 0 aromatic rings. The zero-order chi connectivity index (χ0) is 33.2. The summed E-state index contributed by atoms with van der Waals surface area (Å²) in [6.07, 6.45) is 23.0. The Morgan fingerprint density at radius 2 is 0.739 bits per heavy atom. The highest BCUT2D eigenvalue weighted by Crippen LogP contribution is 2.50. The van der Waals surface area contributed by atoms with Crippen molar-refractivity contribution in [3.05, 3.63) is 0 Å². The molecule has 0 aromatic heterocycles. The Hall–Kier alpha value is -0.240. The maximum absolute atomic E-state index is 9.92. The molecule has 4 aliphatic rings. The van der Waals surface area contributed by atoms with E-state index in [0.29, 0.717) is 23.0 Å². The van der Waals surface area contributed by atoms with Crippen LogP contribution in [0.3, 0.4) is 0 Å². The third-order valence-corrected chi connectivity index (χ3v) is 13.5. The van der Waals surface area contributed by atoms with Crippen LogP contribution in [-0.4, -0.2) is 60.4 Å². The molecule has 4 fully saturated rings. The summed E-state index contributed by atoms with van der Waals surface area (Å²) in [5.74, 6) is 3.04. The first-order valence-electron chi connectivity index (χ1n) is 19.8. The summed E-state index contributed by atoms with van der Waals surface area (Å²) < 4.78 is 24.7. The molecule has 0 spiro atoms. The van der Waals surface area contributed by atoms with Gasteiger partial charge in [0.05, 0.1) is 24.4 Å². The molecule has 0 aliphatic heterocycles. The van der Waals surface area contributed by atoms with Gasteiger partial charge in [-0.15, -0.1) is 0 Å². The van der Waals surface area contributed by atoms with Crippen LogP contribution >= 0.6 is 0 Å². The van der Waals surface area contributed by atoms with Crippen molar-refractivity contribution >= 4 is 0 Å². The van der Waals surface area contributed by atoms with Gasteiger partial charge in [0, 0.05) is 13.2 Å². The molecule has 0 saturated heterocycles. The van der Waals surface area contributed by atoms with Gasteiger partial charge in [-0.2, -0.15) is 0 Å². The third kappa shape index (κ3) is 11.7. The number of aliphatic hydroxyl groups excluding tert-OH is 2. The number of unbranched alkanes of at least 4 members (excludes halogenated alkanes) is 3. The fraction of sp³-hybridized carbons (Fsp3) is 1.00. The van der Waals surface area contributed by atoms with Gasteiger partial charge in [-0.3, -0.25) is 0 Å². The van der Waals surface area contributed by atoms with E-state index < -0.39 is 0 Å². The number of aliphatic hydroxyl groups is 2. The molecule has 6 heteroatoms. The van der Waals surface area contributed by atoms with Crippen molar-refractivity contribution in [1.29, 1.82) is 0 Å². The largest absolute Gasteiger partial charge is 0.393 e. The summed E-state index contributed by atoms with van der Waals surface area (Å²) in [4.78, 5) is 0. The Morgan fingerprint density at radius 3 is 1.04 bits per heavy atom. The predicted molar refractivity (Wildman–Crippen MR) is 186 cm³/mol. The van der Waals surface area contributed by atoms with Crippen molar-refractivity contribution in [1.82, 2.24) is 0 Å². The van der Waals surface area contributed by atoms with Gasteiger partial charge in [-0.1, -0.05) is 40.5 Å². The first kappa shape index (κ1) is 38.6. The van der Waals surface area contributed by atoms with Crippen molar-refractivity contribution in [3.63, 3.8) is 0 Å². The van der Waals surface area contributed by atoms with Crippen LogP contribution in [0.25, 0.3) is 0 Å². The molecular formula is C40H74O6. The van der Waals surface area contributed by atoms with Crippen molar-refractivity contribution < 1.29 is 29.2 Å². The third-order valence-electron chi connectivity index (χ3n) is 13.5. The number of hydrogen-bond acceptors (Lipinski definition) is 6. The highest BCUT2D eigenvalue weighted by molar-refractivity contribution is 4.92. The summed E-state index contributed by atoms with van der Waals surface area (Å²) in [7, 11) is 0. The van der Waals surface area contributed by atoms with Crippen LogP contribution in [0, 0.1) is 34.5 Å². The van der Waals surface area contributed by atoms with Crippen molar-refractivity contribution in [2.45, 2.75) is 207 Å². The van der Waals surface area contributed by atoms with Gasteiger partial charge < -0.3 is 29.2 Å². The van der Waals surface area contributed by atoms with E-state index in [4.69, 9.17) is 18.9 Å². The normalized spacial score (nSPS) is 34.7. The van der Waals surface area contributed by atoms with Crippen LogP contribution in [0.1, 0.15) is 170 Å². The summed E-state index contributed by atoms with van der Waals surface area (Å²) in [5.41, 5.74) is 0.726. The first-order valence-corrected chi connectivity index (χ1v) is 19.8. The van der Waals surface area contributed by atoms with Crippen LogP contribution in [0.15, 0.2) is 0 Å². The van der Waals surface area contributed by atoms with Gasteiger partial charge in [0.1, 0.15) is 0 Å². The van der Waals surface area contributed by atoms with Crippen LogP contribution in [0.5, 0.6) is 0 Å². The van der Waals surface area contributed by atoms with Crippen LogP contribution in [0.4, 0.5) is 0 Å². The Labute approximate surface area is 283 Å². The monoisotopic (exact) mass is 651 g/mol. The lowest BCUT2D eigenvalue weighted by atomic mass is 9.60. The standard InChI is InChI=1S/C40H74O6/c1-29(45-37-23-15-33(16-24-37)39(3,4)31-11-19-35(41)20-12-31)43-27-9-7-8-10-28-44-30(2)46-38-25-17-34(18-26-38)40(5,6)32-13-21-36(42)22-14-32/h29-38,41-42H,7-28H2,1-6H3. The topological polar surface area (TPSA) is 77.4 Å². The Morgan fingerprint density at radius 1 is 0.457 bits per heavy atom. The van der Waals surface area contributed by atoms with Crippen LogP contribution in [-0.2, 0) is 18.9 Å². The second-order valence-electron chi connectivity index (χ2n) is 17.2. The maximum atomic E-state index is 9.92. The van der Waals surface area contributed by atoms with Gasteiger partial charge >= 0.3 is 0 Å².